The van der Waals surface area contributed by atoms with Crippen LogP contribution in [-0.2, 0) is 4.74 Å². The number of hydrogen-bond donors (Lipinski definition) is 0. The van der Waals surface area contributed by atoms with Gasteiger partial charge in [0.2, 0.25) is 0 Å². The Hall–Kier alpha value is -2.12. The van der Waals surface area contributed by atoms with E-state index in [9.17, 15) is 5.26 Å². The number of rotatable bonds is 2. The van der Waals surface area contributed by atoms with E-state index in [1.165, 1.54) is 0 Å². The van der Waals surface area contributed by atoms with Crippen LogP contribution in [0.3, 0.4) is 0 Å². The number of nitriles is 1. The van der Waals surface area contributed by atoms with Crippen LogP contribution in [-0.4, -0.2) is 30.3 Å². The molecule has 0 N–H and O–H groups in total. The summed E-state index contributed by atoms with van der Waals surface area (Å²) >= 11 is 0. The summed E-state index contributed by atoms with van der Waals surface area (Å²) < 4.78 is 5.93. The first-order chi connectivity index (χ1) is 10.2. The van der Waals surface area contributed by atoms with Gasteiger partial charge in [0.1, 0.15) is 6.07 Å². The predicted molar refractivity (Wildman–Crippen MR) is 83.3 cm³/mol. The molecule has 1 aliphatic heterocycles. The Bertz CT molecular complexity index is 692. The molecule has 0 spiro atoms. The highest BCUT2D eigenvalue weighted by Gasteiger charge is 2.25. The van der Waals surface area contributed by atoms with Crippen LogP contribution in [0.15, 0.2) is 30.5 Å². The first-order valence-electron chi connectivity index (χ1n) is 7.41. The summed E-state index contributed by atoms with van der Waals surface area (Å²) in [6.07, 6.45) is 3.22. The van der Waals surface area contributed by atoms with Crippen LogP contribution in [0.5, 0.6) is 0 Å². The molecular formula is C17H19N3O. The Morgan fingerprint density at radius 3 is 3.00 bits per heavy atom. The van der Waals surface area contributed by atoms with Crippen LogP contribution in [0.25, 0.3) is 10.9 Å². The molecule has 108 valence electrons. The molecule has 0 radical (unpaired) electrons. The van der Waals surface area contributed by atoms with Gasteiger partial charge in [0, 0.05) is 30.4 Å². The van der Waals surface area contributed by atoms with Crippen LogP contribution >= 0.6 is 0 Å². The standard InChI is InChI=1S/C17H19N3O/c1-3-14-11-20(10-12(2)21-14)16-7-6-13(9-18)17-15(16)5-4-8-19-17/h4-8,12,14H,3,10-11H2,1-2H3. The lowest BCUT2D eigenvalue weighted by Gasteiger charge is -2.38. The fraction of sp³-hybridized carbons (Fsp3) is 0.412. The van der Waals surface area contributed by atoms with E-state index < -0.39 is 0 Å². The lowest BCUT2D eigenvalue weighted by Crippen LogP contribution is -2.46. The molecule has 0 saturated carbocycles. The summed E-state index contributed by atoms with van der Waals surface area (Å²) in [4.78, 5) is 6.74. The zero-order valence-corrected chi connectivity index (χ0v) is 12.4. The highest BCUT2D eigenvalue weighted by Crippen LogP contribution is 2.30. The van der Waals surface area contributed by atoms with E-state index in [2.05, 4.69) is 29.8 Å². The zero-order chi connectivity index (χ0) is 14.8. The van der Waals surface area contributed by atoms with E-state index in [4.69, 9.17) is 4.74 Å². The van der Waals surface area contributed by atoms with Gasteiger partial charge >= 0.3 is 0 Å². The van der Waals surface area contributed by atoms with Gasteiger partial charge in [0.05, 0.1) is 23.3 Å². The Morgan fingerprint density at radius 1 is 1.38 bits per heavy atom. The van der Waals surface area contributed by atoms with Gasteiger partial charge in [-0.25, -0.2) is 0 Å². The summed E-state index contributed by atoms with van der Waals surface area (Å²) in [6, 6.07) is 10.1. The predicted octanol–water partition coefficient (Wildman–Crippen LogP) is 3.11. The smallest absolute Gasteiger partial charge is 0.101 e. The number of ether oxygens (including phenoxy) is 1. The van der Waals surface area contributed by atoms with Crippen molar-refractivity contribution in [2.75, 3.05) is 18.0 Å². The topological polar surface area (TPSA) is 49.2 Å². The van der Waals surface area contributed by atoms with Gasteiger partial charge in [0.25, 0.3) is 0 Å². The van der Waals surface area contributed by atoms with E-state index in [0.29, 0.717) is 5.56 Å². The van der Waals surface area contributed by atoms with Crippen molar-refractivity contribution in [3.05, 3.63) is 36.0 Å². The van der Waals surface area contributed by atoms with Crippen molar-refractivity contribution in [3.63, 3.8) is 0 Å². The van der Waals surface area contributed by atoms with Gasteiger partial charge in [-0.3, -0.25) is 4.98 Å². The summed E-state index contributed by atoms with van der Waals surface area (Å²) in [7, 11) is 0. The normalized spacial score (nSPS) is 22.2. The number of anilines is 1. The largest absolute Gasteiger partial charge is 0.372 e. The van der Waals surface area contributed by atoms with Gasteiger partial charge < -0.3 is 9.64 Å². The Morgan fingerprint density at radius 2 is 2.24 bits per heavy atom. The number of fused-ring (bicyclic) bond motifs is 1. The maximum absolute atomic E-state index is 9.24. The van der Waals surface area contributed by atoms with Crippen LogP contribution in [0.1, 0.15) is 25.8 Å². The molecule has 1 aromatic carbocycles. The zero-order valence-electron chi connectivity index (χ0n) is 12.4. The highest BCUT2D eigenvalue weighted by atomic mass is 16.5. The molecule has 2 heterocycles. The number of aromatic nitrogens is 1. The summed E-state index contributed by atoms with van der Waals surface area (Å²) in [5.41, 5.74) is 2.55. The van der Waals surface area contributed by atoms with Crippen LogP contribution < -0.4 is 4.90 Å². The fourth-order valence-corrected chi connectivity index (χ4v) is 2.99. The lowest BCUT2D eigenvalue weighted by molar-refractivity contribution is -0.0171. The number of morpholine rings is 1. The highest BCUT2D eigenvalue weighted by molar-refractivity contribution is 5.95. The average Bonchev–Trinajstić information content (AvgIpc) is 2.53. The van der Waals surface area contributed by atoms with Gasteiger partial charge in [0.15, 0.2) is 0 Å². The molecular weight excluding hydrogens is 262 g/mol. The van der Waals surface area contributed by atoms with Gasteiger partial charge in [-0.1, -0.05) is 6.92 Å². The molecule has 1 fully saturated rings. The molecule has 2 atom stereocenters. The minimum absolute atomic E-state index is 0.214. The second kappa shape index (κ2) is 5.71. The molecule has 0 aliphatic carbocycles. The van der Waals surface area contributed by atoms with E-state index in [0.717, 1.165) is 36.1 Å². The van der Waals surface area contributed by atoms with E-state index in [-0.39, 0.29) is 12.2 Å². The Labute approximate surface area is 125 Å². The SMILES string of the molecule is CCC1CN(c2ccc(C#N)c3ncccc23)CC(C)O1. The maximum Gasteiger partial charge on any atom is 0.101 e. The van der Waals surface area contributed by atoms with Crippen molar-refractivity contribution in [1.29, 1.82) is 5.26 Å². The second-order valence-electron chi connectivity index (χ2n) is 5.53. The lowest BCUT2D eigenvalue weighted by atomic mass is 10.1. The minimum atomic E-state index is 0.214. The number of nitrogens with zero attached hydrogens (tertiary/aromatic N) is 3. The molecule has 3 rings (SSSR count). The van der Waals surface area contributed by atoms with Crippen molar-refractivity contribution in [3.8, 4) is 6.07 Å². The fourth-order valence-electron chi connectivity index (χ4n) is 2.99. The summed E-state index contributed by atoms with van der Waals surface area (Å²) in [6.45, 7) is 6.02. The average molecular weight is 281 g/mol. The molecule has 1 aliphatic rings. The molecule has 1 aromatic heterocycles. The van der Waals surface area contributed by atoms with Crippen LogP contribution in [0.2, 0.25) is 0 Å². The third-order valence-corrected chi connectivity index (χ3v) is 3.99. The van der Waals surface area contributed by atoms with Crippen LogP contribution in [0, 0.1) is 11.3 Å². The quantitative estimate of drug-likeness (QED) is 0.848. The van der Waals surface area contributed by atoms with Gasteiger partial charge in [-0.2, -0.15) is 5.26 Å². The van der Waals surface area contributed by atoms with Crippen molar-refractivity contribution < 1.29 is 4.74 Å². The van der Waals surface area contributed by atoms with E-state index >= 15 is 0 Å². The minimum Gasteiger partial charge on any atom is -0.372 e. The summed E-state index contributed by atoms with van der Waals surface area (Å²) in [5, 5.41) is 10.3. The van der Waals surface area contributed by atoms with Gasteiger partial charge in [-0.05, 0) is 37.6 Å². The first-order valence-corrected chi connectivity index (χ1v) is 7.41. The van der Waals surface area contributed by atoms with Crippen molar-refractivity contribution in [2.24, 2.45) is 0 Å². The molecule has 0 amide bonds. The monoisotopic (exact) mass is 281 g/mol. The third-order valence-electron chi connectivity index (χ3n) is 3.99. The third kappa shape index (κ3) is 2.57. The van der Waals surface area contributed by atoms with Gasteiger partial charge in [-0.15, -0.1) is 0 Å². The number of pyridine rings is 1. The molecule has 0 bridgehead atoms. The first kappa shape index (κ1) is 13.8. The van der Waals surface area contributed by atoms with Crippen molar-refractivity contribution >= 4 is 16.6 Å². The summed E-state index contributed by atoms with van der Waals surface area (Å²) in [5.74, 6) is 0. The second-order valence-corrected chi connectivity index (χ2v) is 5.53. The molecule has 4 heteroatoms. The molecule has 21 heavy (non-hydrogen) atoms. The van der Waals surface area contributed by atoms with Crippen molar-refractivity contribution in [2.45, 2.75) is 32.5 Å². The number of benzene rings is 1. The number of hydrogen-bond acceptors (Lipinski definition) is 4. The molecule has 2 aromatic rings. The van der Waals surface area contributed by atoms with E-state index in [1.807, 2.05) is 24.3 Å². The molecule has 1 saturated heterocycles. The van der Waals surface area contributed by atoms with E-state index in [1.54, 1.807) is 6.20 Å². The van der Waals surface area contributed by atoms with Crippen molar-refractivity contribution in [1.82, 2.24) is 4.98 Å². The molecule has 4 nitrogen and oxygen atoms in total. The van der Waals surface area contributed by atoms with Crippen LogP contribution in [0.4, 0.5) is 5.69 Å². The Kier molecular flexibility index (Phi) is 3.76. The Balaban J connectivity index is 2.07. The maximum atomic E-state index is 9.24. The molecule has 2 unspecified atom stereocenters.